The van der Waals surface area contributed by atoms with Crippen LogP contribution in [0.5, 0.6) is 0 Å². The Labute approximate surface area is 400 Å². The van der Waals surface area contributed by atoms with E-state index in [1.165, 1.54) is 41.8 Å². The number of carbonyl (C=O) groups excluding carboxylic acids is 4. The highest BCUT2D eigenvalue weighted by atomic mass is 35.5. The topological polar surface area (TPSA) is 168 Å². The van der Waals surface area contributed by atoms with Gasteiger partial charge in [-0.05, 0) is 145 Å². The zero-order valence-electron chi connectivity index (χ0n) is 39.3. The molecule has 7 fully saturated rings. The van der Waals surface area contributed by atoms with Crippen LogP contribution in [0.2, 0.25) is 5.02 Å². The fourth-order valence-corrected chi connectivity index (χ4v) is 12.6. The minimum absolute atomic E-state index is 0.0249. The van der Waals surface area contributed by atoms with E-state index in [2.05, 4.69) is 78.7 Å². The highest BCUT2D eigenvalue weighted by Gasteiger charge is 2.53. The van der Waals surface area contributed by atoms with Crippen molar-refractivity contribution < 1.29 is 24.3 Å². The van der Waals surface area contributed by atoms with Crippen LogP contribution in [0.25, 0.3) is 0 Å². The van der Waals surface area contributed by atoms with Crippen LogP contribution in [0.4, 0.5) is 21.9 Å². The number of nitrogens with zero attached hydrogens (tertiary/aromatic N) is 6. The van der Waals surface area contributed by atoms with Crippen molar-refractivity contribution in [3.63, 3.8) is 0 Å². The second-order valence-electron chi connectivity index (χ2n) is 21.0. The molecule has 0 aliphatic carbocycles. The Hall–Kier alpha value is -4.29. The predicted molar refractivity (Wildman–Crippen MR) is 259 cm³/mol. The number of aliphatic hydroxyl groups is 1. The zero-order chi connectivity index (χ0) is 46.5. The summed E-state index contributed by atoms with van der Waals surface area (Å²) < 4.78 is 0. The minimum Gasteiger partial charge on any atom is -0.389 e. The van der Waals surface area contributed by atoms with E-state index in [1.807, 2.05) is 16.8 Å². The lowest BCUT2D eigenvalue weighted by Gasteiger charge is -2.48. The maximum atomic E-state index is 13.9. The van der Waals surface area contributed by atoms with Crippen molar-refractivity contribution in [2.45, 2.75) is 121 Å². The number of fused-ring (bicyclic) bond motifs is 6. The van der Waals surface area contributed by atoms with Crippen LogP contribution >= 0.6 is 11.6 Å². The fourth-order valence-electron chi connectivity index (χ4n) is 12.4. The molecule has 2 aromatic carbocycles. The lowest BCUT2D eigenvalue weighted by atomic mass is 9.71. The highest BCUT2D eigenvalue weighted by molar-refractivity contribution is 6.34. The van der Waals surface area contributed by atoms with Gasteiger partial charge >= 0.3 is 6.03 Å². The number of piperidine rings is 4. The summed E-state index contributed by atoms with van der Waals surface area (Å²) in [6.07, 6.45) is 15.1. The first kappa shape index (κ1) is 46.4. The van der Waals surface area contributed by atoms with Gasteiger partial charge in [-0.15, -0.1) is 0 Å². The number of likely N-dealkylation sites (tertiary alicyclic amines) is 2. The summed E-state index contributed by atoms with van der Waals surface area (Å²) >= 11 is 6.45. The number of nitrogens with one attached hydrogen (secondary N) is 5. The first-order valence-electron chi connectivity index (χ1n) is 25.1. The first-order valence-corrected chi connectivity index (χ1v) is 25.5. The van der Waals surface area contributed by atoms with Crippen LogP contribution in [-0.4, -0.2) is 144 Å². The van der Waals surface area contributed by atoms with Gasteiger partial charge in [0.2, 0.25) is 11.8 Å². The van der Waals surface area contributed by atoms with E-state index in [9.17, 15) is 24.3 Å². The van der Waals surface area contributed by atoms with Gasteiger partial charge in [0.15, 0.2) is 0 Å². The van der Waals surface area contributed by atoms with E-state index in [-0.39, 0.29) is 61.3 Å². The maximum Gasteiger partial charge on any atom is 0.328 e. The fraction of sp³-hybridized carbons (Fsp3) is 0.640. The van der Waals surface area contributed by atoms with Crippen LogP contribution in [0, 0.1) is 24.2 Å². The third-order valence-electron chi connectivity index (χ3n) is 16.6. The average Bonchev–Trinajstić information content (AvgIpc) is 3.60. The molecule has 10 rings (SSSR count). The SMILES string of the molecule is Cc1ccc(NC2NCC3C(=O)N4C/C=C\CC[C@@](C)(O)C5CCCC(N5)N4C3N2)cc1N1CCC2(CCN(CC3CCN(C(=O)c4ccc(Cl)c(N5CCC(=O)NC5=O)c4)CC3)CC2)CC1. The van der Waals surface area contributed by atoms with Gasteiger partial charge in [-0.1, -0.05) is 29.8 Å². The molecule has 6 N–H and O–H groups in total. The van der Waals surface area contributed by atoms with E-state index in [0.717, 1.165) is 76.9 Å². The van der Waals surface area contributed by atoms with E-state index in [4.69, 9.17) is 11.6 Å². The maximum absolute atomic E-state index is 13.9. The summed E-state index contributed by atoms with van der Waals surface area (Å²) in [5.41, 5.74) is 4.13. The van der Waals surface area contributed by atoms with Gasteiger partial charge in [-0.25, -0.2) is 4.79 Å². The van der Waals surface area contributed by atoms with E-state index in [0.29, 0.717) is 60.2 Å². The molecule has 8 aliphatic heterocycles. The van der Waals surface area contributed by atoms with Gasteiger partial charge in [0.1, 0.15) is 6.29 Å². The molecule has 5 unspecified atom stereocenters. The number of rotatable bonds is 7. The molecule has 8 aliphatic rings. The molecular formula is C50H70ClN11O5. The van der Waals surface area contributed by atoms with Gasteiger partial charge < -0.3 is 25.1 Å². The Kier molecular flexibility index (Phi) is 13.3. The van der Waals surface area contributed by atoms with Crippen molar-refractivity contribution in [2.24, 2.45) is 17.3 Å². The number of urea groups is 1. The largest absolute Gasteiger partial charge is 0.389 e. The molecule has 0 aromatic heterocycles. The monoisotopic (exact) mass is 940 g/mol. The number of halogens is 1. The van der Waals surface area contributed by atoms with Crippen molar-refractivity contribution in [3.05, 3.63) is 64.7 Å². The smallest absolute Gasteiger partial charge is 0.328 e. The second-order valence-corrected chi connectivity index (χ2v) is 21.4. The normalized spacial score (nSPS) is 31.5. The van der Waals surface area contributed by atoms with Crippen LogP contribution in [0.15, 0.2) is 48.6 Å². The summed E-state index contributed by atoms with van der Waals surface area (Å²) in [6.45, 7) is 12.3. The van der Waals surface area contributed by atoms with Crippen molar-refractivity contribution in [1.29, 1.82) is 0 Å². The Morgan fingerprint density at radius 1 is 0.881 bits per heavy atom. The lowest BCUT2D eigenvalue weighted by Crippen LogP contribution is -2.69. The standard InChI is InChI=1S/C50H70ClN11O5/c1-33-9-11-36(53-47-52-31-37-44(56-47)62-42-8-6-7-41(54-42)49(2,67)16-4-3-5-21-61(62)46(37)65)30-39(33)58-27-19-50(20-28-58)17-25-57(26-18-50)32-34-13-22-59(23-14-34)45(64)35-10-12-38(51)40(29-35)60-24-15-43(63)55-48(60)66/h3,5,9-12,29-30,34,37,41-42,44,47,52-54,56,67H,4,6-8,13-28,31-32H2,1-2H3,(H,55,63,66)/b5-3-/t37?,41?,42?,44?,47?,49-/m1/s1. The number of aryl methyl sites for hydroxylation is 1. The van der Waals surface area contributed by atoms with E-state index in [1.54, 1.807) is 18.2 Å². The summed E-state index contributed by atoms with van der Waals surface area (Å²) in [7, 11) is 0. The Bertz CT molecular complexity index is 2220. The van der Waals surface area contributed by atoms with Crippen molar-refractivity contribution in [3.8, 4) is 0 Å². The summed E-state index contributed by atoms with van der Waals surface area (Å²) in [4.78, 5) is 60.3. The summed E-state index contributed by atoms with van der Waals surface area (Å²) in [6, 6.07) is 11.2. The summed E-state index contributed by atoms with van der Waals surface area (Å²) in [5, 5.41) is 33.2. The van der Waals surface area contributed by atoms with Gasteiger partial charge in [0.05, 0.1) is 41.1 Å². The minimum atomic E-state index is -0.814. The molecule has 67 heavy (non-hydrogen) atoms. The molecule has 16 nitrogen and oxygen atoms in total. The molecule has 1 spiro atoms. The molecule has 7 saturated heterocycles. The van der Waals surface area contributed by atoms with Crippen molar-refractivity contribution in [2.75, 3.05) is 80.6 Å². The number of carbonyl (C=O) groups is 4. The number of allylic oxidation sites excluding steroid dienone is 1. The van der Waals surface area contributed by atoms with Gasteiger partial charge in [0, 0.05) is 75.2 Å². The van der Waals surface area contributed by atoms with Crippen LogP contribution < -0.4 is 36.4 Å². The third kappa shape index (κ3) is 9.69. The molecule has 6 atom stereocenters. The number of amides is 5. The molecular weight excluding hydrogens is 870 g/mol. The third-order valence-corrected chi connectivity index (χ3v) is 17.0. The van der Waals surface area contributed by atoms with Crippen molar-refractivity contribution in [1.82, 2.24) is 41.1 Å². The van der Waals surface area contributed by atoms with Gasteiger partial charge in [-0.2, -0.15) is 5.01 Å². The van der Waals surface area contributed by atoms with Crippen LogP contribution in [0.1, 0.15) is 99.9 Å². The molecule has 8 heterocycles. The molecule has 0 radical (unpaired) electrons. The average molecular weight is 941 g/mol. The zero-order valence-corrected chi connectivity index (χ0v) is 40.0. The Morgan fingerprint density at radius 2 is 1.66 bits per heavy atom. The number of anilines is 3. The Morgan fingerprint density at radius 3 is 2.43 bits per heavy atom. The molecule has 2 bridgehead atoms. The van der Waals surface area contributed by atoms with E-state index < -0.39 is 11.6 Å². The predicted octanol–water partition coefficient (Wildman–Crippen LogP) is 4.79. The van der Waals surface area contributed by atoms with Gasteiger partial charge in [0.25, 0.3) is 5.91 Å². The molecule has 5 amide bonds. The lowest BCUT2D eigenvalue weighted by molar-refractivity contribution is -0.146. The number of imide groups is 1. The molecule has 362 valence electrons. The number of hydrogen-bond donors (Lipinski definition) is 6. The van der Waals surface area contributed by atoms with Crippen LogP contribution in [-0.2, 0) is 9.59 Å². The van der Waals surface area contributed by atoms with Crippen LogP contribution in [0.3, 0.4) is 0 Å². The molecule has 2 aromatic rings. The molecule has 17 heteroatoms. The summed E-state index contributed by atoms with van der Waals surface area (Å²) in [5.74, 6) is 0.124. The highest BCUT2D eigenvalue weighted by Crippen LogP contribution is 2.43. The van der Waals surface area contributed by atoms with E-state index >= 15 is 0 Å². The first-order chi connectivity index (χ1) is 32.3. The van der Waals surface area contributed by atoms with Crippen molar-refractivity contribution >= 4 is 52.4 Å². The van der Waals surface area contributed by atoms with Gasteiger partial charge in [-0.3, -0.25) is 45.6 Å². The quantitative estimate of drug-likeness (QED) is 0.211. The second kappa shape index (κ2) is 19.2. The Balaban J connectivity index is 0.697. The molecule has 0 saturated carbocycles. The number of hydrazine groups is 1. The number of hydrogen-bond acceptors (Lipinski definition) is 12. The number of benzene rings is 2.